The van der Waals surface area contributed by atoms with Crippen LogP contribution in [0, 0.1) is 0 Å². The van der Waals surface area contributed by atoms with Crippen molar-refractivity contribution in [3.8, 4) is 33.4 Å². The number of rotatable bonds is 7. The van der Waals surface area contributed by atoms with E-state index >= 15 is 0 Å². The predicted octanol–water partition coefficient (Wildman–Crippen LogP) is 18.7. The van der Waals surface area contributed by atoms with Crippen LogP contribution in [0.4, 0.5) is 17.1 Å². The number of nitrogens with zero attached hydrogens (tertiary/aromatic N) is 1. The Morgan fingerprint density at radius 2 is 0.926 bits per heavy atom. The second-order valence-corrected chi connectivity index (χ2v) is 20.0. The van der Waals surface area contributed by atoms with Gasteiger partial charge in [-0.2, -0.15) is 0 Å². The lowest BCUT2D eigenvalue weighted by Crippen LogP contribution is -2.29. The van der Waals surface area contributed by atoms with Crippen LogP contribution in [0.5, 0.6) is 0 Å². The number of benzene rings is 11. The summed E-state index contributed by atoms with van der Waals surface area (Å²) in [5.41, 5.74) is 15.5. The van der Waals surface area contributed by atoms with Gasteiger partial charge in [-0.15, -0.1) is 22.7 Å². The Kier molecular flexibility index (Phi) is 8.92. The van der Waals surface area contributed by atoms with E-state index in [1.165, 1.54) is 112 Å². The molecule has 1 nitrogen and oxygen atoms in total. The fraction of sp³-hybridized carbons (Fsp3) is 0.0154. The van der Waals surface area contributed by atoms with Crippen molar-refractivity contribution in [2.75, 3.05) is 4.90 Å². The molecular formula is C65H41NS2. The first-order valence-corrected chi connectivity index (χ1v) is 25.0. The van der Waals surface area contributed by atoms with Crippen molar-refractivity contribution in [3.63, 3.8) is 0 Å². The molecule has 0 fully saturated rings. The summed E-state index contributed by atoms with van der Waals surface area (Å²) in [5, 5.41) is 7.79. The van der Waals surface area contributed by atoms with E-state index in [1.54, 1.807) is 0 Å². The van der Waals surface area contributed by atoms with Gasteiger partial charge in [-0.25, -0.2) is 0 Å². The van der Waals surface area contributed by atoms with Gasteiger partial charge in [0.1, 0.15) is 0 Å². The Morgan fingerprint density at radius 1 is 0.324 bits per heavy atom. The van der Waals surface area contributed by atoms with Gasteiger partial charge < -0.3 is 4.90 Å². The Labute approximate surface area is 403 Å². The maximum absolute atomic E-state index is 2.48. The quantitative estimate of drug-likeness (QED) is 0.154. The van der Waals surface area contributed by atoms with Crippen molar-refractivity contribution in [2.24, 2.45) is 0 Å². The van der Waals surface area contributed by atoms with Gasteiger partial charge in [-0.05, 0) is 103 Å². The summed E-state index contributed by atoms with van der Waals surface area (Å²) in [5.74, 6) is 0. The monoisotopic (exact) mass is 899 g/mol. The highest BCUT2D eigenvalue weighted by Crippen LogP contribution is 2.59. The fourth-order valence-electron chi connectivity index (χ4n) is 11.4. The Balaban J connectivity index is 0.959. The van der Waals surface area contributed by atoms with Gasteiger partial charge in [0.15, 0.2) is 0 Å². The minimum Gasteiger partial charge on any atom is -0.309 e. The lowest BCUT2D eigenvalue weighted by molar-refractivity contribution is 0.770. The molecule has 0 spiro atoms. The van der Waals surface area contributed by atoms with E-state index in [-0.39, 0.29) is 0 Å². The number of hydrogen-bond acceptors (Lipinski definition) is 3. The minimum absolute atomic E-state index is 0.503. The van der Waals surface area contributed by atoms with Gasteiger partial charge in [0.25, 0.3) is 0 Å². The molecule has 2 aromatic heterocycles. The van der Waals surface area contributed by atoms with Crippen LogP contribution in [-0.4, -0.2) is 0 Å². The van der Waals surface area contributed by atoms with Crippen LogP contribution >= 0.6 is 22.7 Å². The van der Waals surface area contributed by atoms with Crippen molar-refractivity contribution in [2.45, 2.75) is 5.41 Å². The molecule has 0 amide bonds. The second-order valence-electron chi connectivity index (χ2n) is 17.9. The predicted molar refractivity (Wildman–Crippen MR) is 293 cm³/mol. The van der Waals surface area contributed by atoms with E-state index in [1.807, 2.05) is 22.7 Å². The second kappa shape index (κ2) is 15.5. The number of anilines is 3. The fourth-order valence-corrected chi connectivity index (χ4v) is 14.0. The molecule has 0 radical (unpaired) electrons. The summed E-state index contributed by atoms with van der Waals surface area (Å²) in [6.07, 6.45) is 0. The molecule has 3 heteroatoms. The van der Waals surface area contributed by atoms with Crippen LogP contribution in [0.3, 0.4) is 0 Å². The van der Waals surface area contributed by atoms with Gasteiger partial charge in [0, 0.05) is 47.0 Å². The average molecular weight is 900 g/mol. The molecule has 1 aliphatic rings. The summed E-state index contributed by atoms with van der Waals surface area (Å²) < 4.78 is 5.23. The zero-order chi connectivity index (χ0) is 44.8. The van der Waals surface area contributed by atoms with E-state index in [9.17, 15) is 0 Å². The van der Waals surface area contributed by atoms with E-state index in [0.29, 0.717) is 0 Å². The van der Waals surface area contributed by atoms with Crippen molar-refractivity contribution >= 4 is 90.9 Å². The lowest BCUT2D eigenvalue weighted by Gasteiger charge is -2.35. The van der Waals surface area contributed by atoms with Gasteiger partial charge in [0.2, 0.25) is 0 Å². The summed E-state index contributed by atoms with van der Waals surface area (Å²) in [6, 6.07) is 92.4. The molecule has 318 valence electrons. The van der Waals surface area contributed by atoms with Crippen LogP contribution in [0.15, 0.2) is 249 Å². The highest BCUT2D eigenvalue weighted by atomic mass is 32.1. The van der Waals surface area contributed by atoms with E-state index in [2.05, 4.69) is 254 Å². The van der Waals surface area contributed by atoms with E-state index < -0.39 is 5.41 Å². The third-order valence-corrected chi connectivity index (χ3v) is 16.8. The zero-order valence-electron chi connectivity index (χ0n) is 36.9. The molecule has 0 atom stereocenters. The lowest BCUT2D eigenvalue weighted by atomic mass is 9.66. The van der Waals surface area contributed by atoms with Crippen molar-refractivity contribution in [1.82, 2.24) is 0 Å². The zero-order valence-corrected chi connectivity index (χ0v) is 38.6. The molecule has 0 unspecified atom stereocenters. The van der Waals surface area contributed by atoms with Crippen LogP contribution in [0.1, 0.15) is 22.3 Å². The summed E-state index contributed by atoms with van der Waals surface area (Å²) in [4.78, 5) is 2.48. The molecule has 14 rings (SSSR count). The maximum Gasteiger partial charge on any atom is 0.0719 e. The number of fused-ring (bicyclic) bond motifs is 11. The third-order valence-electron chi connectivity index (χ3n) is 14.3. The van der Waals surface area contributed by atoms with Crippen LogP contribution in [0.2, 0.25) is 0 Å². The molecule has 0 saturated heterocycles. The Bertz CT molecular complexity index is 4050. The molecule has 13 aromatic rings. The molecule has 0 bridgehead atoms. The van der Waals surface area contributed by atoms with E-state index in [4.69, 9.17) is 0 Å². The van der Waals surface area contributed by atoms with E-state index in [0.717, 1.165) is 11.4 Å². The minimum atomic E-state index is -0.503. The highest BCUT2D eigenvalue weighted by Gasteiger charge is 2.47. The molecular weight excluding hydrogens is 859 g/mol. The first kappa shape index (κ1) is 39.1. The number of hydrogen-bond donors (Lipinski definition) is 0. The smallest absolute Gasteiger partial charge is 0.0719 e. The molecule has 0 N–H and O–H groups in total. The van der Waals surface area contributed by atoms with Crippen molar-refractivity contribution in [1.29, 1.82) is 0 Å². The van der Waals surface area contributed by atoms with Gasteiger partial charge >= 0.3 is 0 Å². The first-order valence-electron chi connectivity index (χ1n) is 23.3. The van der Waals surface area contributed by atoms with Crippen LogP contribution in [-0.2, 0) is 5.41 Å². The molecule has 2 heterocycles. The SMILES string of the molecule is c1ccc(C2(c3ccccc3)c3ccccc3-c3cccc(-c4ccc(N(c5cccc(-c6cccc7c6sc6c8ccccc8ccc76)c5)c5cccc6c5sc5ccccc56)cc4)c32)cc1. The topological polar surface area (TPSA) is 3.24 Å². The first-order chi connectivity index (χ1) is 33.7. The van der Waals surface area contributed by atoms with Crippen molar-refractivity contribution in [3.05, 3.63) is 271 Å². The highest BCUT2D eigenvalue weighted by molar-refractivity contribution is 7.27. The summed E-state index contributed by atoms with van der Waals surface area (Å²) in [7, 11) is 0. The van der Waals surface area contributed by atoms with Crippen LogP contribution in [0.25, 0.3) is 84.5 Å². The van der Waals surface area contributed by atoms with Gasteiger partial charge in [-0.1, -0.05) is 212 Å². The molecule has 68 heavy (non-hydrogen) atoms. The summed E-state index contributed by atoms with van der Waals surface area (Å²) in [6.45, 7) is 0. The van der Waals surface area contributed by atoms with Crippen molar-refractivity contribution < 1.29 is 0 Å². The molecule has 0 saturated carbocycles. The van der Waals surface area contributed by atoms with Gasteiger partial charge in [0.05, 0.1) is 15.8 Å². The third kappa shape index (κ3) is 5.80. The average Bonchev–Trinajstić information content (AvgIpc) is 4.09. The Hall–Kier alpha value is -8.08. The molecule has 0 aliphatic heterocycles. The Morgan fingerprint density at radius 3 is 1.75 bits per heavy atom. The van der Waals surface area contributed by atoms with Gasteiger partial charge in [-0.3, -0.25) is 0 Å². The normalized spacial score (nSPS) is 12.8. The number of thiophene rings is 2. The largest absolute Gasteiger partial charge is 0.309 e. The summed E-state index contributed by atoms with van der Waals surface area (Å²) >= 11 is 3.79. The molecule has 1 aliphatic carbocycles. The molecule has 11 aromatic carbocycles. The maximum atomic E-state index is 2.48. The van der Waals surface area contributed by atoms with Crippen LogP contribution < -0.4 is 4.90 Å². The standard InChI is InChI=1S/C65H41NS2/c1-3-19-45(20-4-1)65(46-21-5-2-6-22-46)58-32-11-9-25-52(58)54-29-14-27-49(61(54)65)43-35-38-47(39-36-43)66(59-33-16-31-55-53-26-10-12-34-60(53)67-64(55)59)48-23-13-18-44(41-48)51-28-15-30-56-57-40-37-42-17-7-8-24-50(42)62(57)68-63(51)56/h1-41H.